The molecule has 3 aromatic rings. The van der Waals surface area contributed by atoms with Gasteiger partial charge in [-0.1, -0.05) is 0 Å². The van der Waals surface area contributed by atoms with Gasteiger partial charge in [-0.3, -0.25) is 10.00 Å². The predicted octanol–water partition coefficient (Wildman–Crippen LogP) is 3.82. The number of nitrogens with one attached hydrogen (secondary N) is 2. The molecule has 34 heavy (non-hydrogen) atoms. The molecule has 7 rings (SSSR count). The van der Waals surface area contributed by atoms with E-state index in [0.29, 0.717) is 0 Å². The Kier molecular flexibility index (Phi) is 4.68. The van der Waals surface area contributed by atoms with Crippen molar-refractivity contribution >= 4 is 16.7 Å². The first-order valence-electron chi connectivity index (χ1n) is 12.9. The summed E-state index contributed by atoms with van der Waals surface area (Å²) in [5, 5.41) is 12.5. The number of nitrogens with zero attached hydrogens (tertiary/aromatic N) is 4. The highest BCUT2D eigenvalue weighted by atomic mass is 16.5. The van der Waals surface area contributed by atoms with Gasteiger partial charge in [-0.05, 0) is 88.4 Å². The van der Waals surface area contributed by atoms with Gasteiger partial charge in [-0.2, -0.15) is 5.10 Å². The van der Waals surface area contributed by atoms with Crippen molar-refractivity contribution in [2.24, 2.45) is 5.92 Å². The summed E-state index contributed by atoms with van der Waals surface area (Å²) in [5.74, 6) is 2.87. The third kappa shape index (κ3) is 3.57. The van der Waals surface area contributed by atoms with Gasteiger partial charge < -0.3 is 15.0 Å². The molecule has 0 unspecified atom stereocenters. The van der Waals surface area contributed by atoms with Gasteiger partial charge in [-0.25, -0.2) is 4.98 Å². The van der Waals surface area contributed by atoms with E-state index in [4.69, 9.17) is 9.72 Å². The molecule has 5 heterocycles. The predicted molar refractivity (Wildman–Crippen MR) is 134 cm³/mol. The number of aromatic nitrogens is 3. The monoisotopic (exact) mass is 458 g/mol. The quantitative estimate of drug-likeness (QED) is 0.585. The Morgan fingerprint density at radius 3 is 2.71 bits per heavy atom. The van der Waals surface area contributed by atoms with Crippen LogP contribution >= 0.6 is 0 Å². The molecule has 0 atom stereocenters. The molecule has 0 radical (unpaired) electrons. The van der Waals surface area contributed by atoms with Gasteiger partial charge in [-0.15, -0.1) is 0 Å². The molecule has 7 nitrogen and oxygen atoms in total. The summed E-state index contributed by atoms with van der Waals surface area (Å²) < 4.78 is 6.21. The Morgan fingerprint density at radius 2 is 1.94 bits per heavy atom. The van der Waals surface area contributed by atoms with E-state index in [2.05, 4.69) is 56.5 Å². The van der Waals surface area contributed by atoms with Crippen molar-refractivity contribution in [3.8, 4) is 17.0 Å². The number of pyridine rings is 1. The second kappa shape index (κ2) is 7.68. The van der Waals surface area contributed by atoms with Crippen molar-refractivity contribution in [2.45, 2.75) is 50.2 Å². The Morgan fingerprint density at radius 1 is 1.09 bits per heavy atom. The van der Waals surface area contributed by atoms with E-state index in [-0.39, 0.29) is 11.1 Å². The largest absolute Gasteiger partial charge is 0.488 e. The number of benzene rings is 1. The summed E-state index contributed by atoms with van der Waals surface area (Å²) in [6.07, 6.45) is 8.11. The fourth-order valence-electron chi connectivity index (χ4n) is 6.12. The van der Waals surface area contributed by atoms with Crippen LogP contribution in [0.25, 0.3) is 22.2 Å². The second-order valence-electron chi connectivity index (χ2n) is 11.2. The molecule has 7 heteroatoms. The Bertz CT molecular complexity index is 1200. The Balaban J connectivity index is 1.09. The van der Waals surface area contributed by atoms with Crippen LogP contribution in [0.4, 0.5) is 5.82 Å². The number of hydrogen-bond donors (Lipinski definition) is 2. The van der Waals surface area contributed by atoms with E-state index in [1.165, 1.54) is 52.0 Å². The van der Waals surface area contributed by atoms with Gasteiger partial charge in [0.15, 0.2) is 0 Å². The van der Waals surface area contributed by atoms with Gasteiger partial charge in [0, 0.05) is 43.3 Å². The van der Waals surface area contributed by atoms with E-state index in [1.54, 1.807) is 0 Å². The van der Waals surface area contributed by atoms with Crippen LogP contribution < -0.4 is 15.0 Å². The first-order chi connectivity index (χ1) is 16.6. The summed E-state index contributed by atoms with van der Waals surface area (Å²) >= 11 is 0. The number of H-pyrrole nitrogens is 1. The molecular weight excluding hydrogens is 424 g/mol. The van der Waals surface area contributed by atoms with Crippen molar-refractivity contribution in [3.63, 3.8) is 0 Å². The lowest BCUT2D eigenvalue weighted by Gasteiger charge is -2.63. The van der Waals surface area contributed by atoms with Gasteiger partial charge in [0.2, 0.25) is 0 Å². The molecule has 178 valence electrons. The molecule has 1 aliphatic carbocycles. The van der Waals surface area contributed by atoms with Crippen LogP contribution in [0.2, 0.25) is 0 Å². The Labute approximate surface area is 200 Å². The van der Waals surface area contributed by atoms with Crippen molar-refractivity contribution in [1.29, 1.82) is 0 Å². The lowest BCUT2D eigenvalue weighted by Crippen LogP contribution is -2.77. The maximum absolute atomic E-state index is 6.21. The fourth-order valence-corrected chi connectivity index (χ4v) is 6.12. The maximum atomic E-state index is 6.21. The molecular formula is C27H34N6O. The van der Waals surface area contributed by atoms with Gasteiger partial charge in [0.05, 0.1) is 11.1 Å². The van der Waals surface area contributed by atoms with Crippen molar-refractivity contribution in [3.05, 3.63) is 36.5 Å². The standard InChI is InChI=1S/C27H34N6O/c1-26(7-8-26)34-21-2-3-23-22(15-21)25(31-30-23)20-6-12-29-24(14-20)33-13-9-27(33)17-32(18-27)16-19-4-10-28-11-5-19/h2-3,6,12,14-15,19,28H,4-5,7-11,13,16-18H2,1H3,(H,30,31). The molecule has 4 aliphatic rings. The molecule has 2 aromatic heterocycles. The van der Waals surface area contributed by atoms with Crippen molar-refractivity contribution in [1.82, 2.24) is 25.4 Å². The van der Waals surface area contributed by atoms with Crippen LogP contribution in [0.15, 0.2) is 36.5 Å². The Hall–Kier alpha value is -2.64. The van der Waals surface area contributed by atoms with Crippen molar-refractivity contribution < 1.29 is 4.74 Å². The van der Waals surface area contributed by atoms with Crippen LogP contribution in [0.1, 0.15) is 39.0 Å². The van der Waals surface area contributed by atoms with Gasteiger partial charge in [0.1, 0.15) is 22.9 Å². The number of likely N-dealkylation sites (tertiary alicyclic amines) is 1. The van der Waals surface area contributed by atoms with E-state index >= 15 is 0 Å². The number of hydrogen-bond acceptors (Lipinski definition) is 6. The second-order valence-corrected chi connectivity index (χ2v) is 11.2. The maximum Gasteiger partial charge on any atom is 0.129 e. The number of rotatable bonds is 6. The normalized spacial score (nSPS) is 23.6. The minimum Gasteiger partial charge on any atom is -0.488 e. The third-order valence-electron chi connectivity index (χ3n) is 8.53. The van der Waals surface area contributed by atoms with Crippen LogP contribution in [-0.4, -0.2) is 70.5 Å². The highest BCUT2D eigenvalue weighted by Gasteiger charge is 2.53. The zero-order chi connectivity index (χ0) is 22.8. The molecule has 1 aromatic carbocycles. The number of aromatic amines is 1. The summed E-state index contributed by atoms with van der Waals surface area (Å²) in [6.45, 7) is 9.24. The number of piperidine rings is 1. The number of anilines is 1. The van der Waals surface area contributed by atoms with Crippen LogP contribution in [-0.2, 0) is 0 Å². The molecule has 0 amide bonds. The lowest BCUT2D eigenvalue weighted by molar-refractivity contribution is 0.00974. The number of ether oxygens (including phenoxy) is 1. The average molecular weight is 459 g/mol. The highest BCUT2D eigenvalue weighted by molar-refractivity contribution is 5.94. The minimum atomic E-state index is 0.0117. The highest BCUT2D eigenvalue weighted by Crippen LogP contribution is 2.44. The first-order valence-corrected chi connectivity index (χ1v) is 12.9. The molecule has 0 bridgehead atoms. The molecule has 4 fully saturated rings. The average Bonchev–Trinajstić information content (AvgIpc) is 3.38. The van der Waals surface area contributed by atoms with E-state index < -0.39 is 0 Å². The van der Waals surface area contributed by atoms with E-state index in [9.17, 15) is 0 Å². The first kappa shape index (κ1) is 20.7. The van der Waals surface area contributed by atoms with Crippen LogP contribution in [0.3, 0.4) is 0 Å². The third-order valence-corrected chi connectivity index (χ3v) is 8.53. The molecule has 2 N–H and O–H groups in total. The van der Waals surface area contributed by atoms with Crippen LogP contribution in [0.5, 0.6) is 5.75 Å². The lowest BCUT2D eigenvalue weighted by atomic mass is 9.76. The van der Waals surface area contributed by atoms with Crippen LogP contribution in [0, 0.1) is 5.92 Å². The van der Waals surface area contributed by atoms with E-state index in [1.807, 2.05) is 12.3 Å². The minimum absolute atomic E-state index is 0.0117. The molecule has 1 saturated carbocycles. The summed E-state index contributed by atoms with van der Waals surface area (Å²) in [5.41, 5.74) is 3.42. The summed E-state index contributed by atoms with van der Waals surface area (Å²) in [4.78, 5) is 9.98. The molecule has 3 aliphatic heterocycles. The summed E-state index contributed by atoms with van der Waals surface area (Å²) in [7, 11) is 0. The molecule has 1 spiro atoms. The summed E-state index contributed by atoms with van der Waals surface area (Å²) in [6, 6.07) is 10.5. The van der Waals surface area contributed by atoms with Crippen molar-refractivity contribution in [2.75, 3.05) is 44.2 Å². The number of fused-ring (bicyclic) bond motifs is 1. The topological polar surface area (TPSA) is 69.3 Å². The van der Waals surface area contributed by atoms with Gasteiger partial charge in [0.25, 0.3) is 0 Å². The zero-order valence-electron chi connectivity index (χ0n) is 20.0. The SMILES string of the molecule is CC1(Oc2ccc3[nH]nc(-c4ccnc(N5CCC56CN(CC5CCNCC5)C6)c4)c3c2)CC1. The van der Waals surface area contributed by atoms with Gasteiger partial charge >= 0.3 is 0 Å². The molecule has 3 saturated heterocycles. The fraction of sp³-hybridized carbons (Fsp3) is 0.556. The smallest absolute Gasteiger partial charge is 0.129 e. The van der Waals surface area contributed by atoms with E-state index in [0.717, 1.165) is 59.0 Å². The zero-order valence-corrected chi connectivity index (χ0v) is 20.0.